The Hall–Kier alpha value is -0.930. The average Bonchev–Trinajstić information content (AvgIpc) is 2.17. The van der Waals surface area contributed by atoms with Crippen LogP contribution >= 0.6 is 0 Å². The van der Waals surface area contributed by atoms with Gasteiger partial charge in [0.25, 0.3) is 0 Å². The molecule has 1 aromatic carbocycles. The lowest BCUT2D eigenvalue weighted by Crippen LogP contribution is -2.30. The molecule has 1 saturated heterocycles. The number of hydrogen-bond acceptors (Lipinski definition) is 2. The largest absolute Gasteiger partial charge is 0.373 e. The van der Waals surface area contributed by atoms with Crippen LogP contribution in [0.15, 0.2) is 18.2 Å². The molecular formula is C12H16FNO. The summed E-state index contributed by atoms with van der Waals surface area (Å²) in [5.41, 5.74) is 7.89. The van der Waals surface area contributed by atoms with Crippen LogP contribution in [0, 0.1) is 12.7 Å². The van der Waals surface area contributed by atoms with E-state index in [2.05, 4.69) is 0 Å². The van der Waals surface area contributed by atoms with Crippen LogP contribution in [0.4, 0.5) is 4.39 Å². The van der Waals surface area contributed by atoms with Gasteiger partial charge in [0.05, 0.1) is 6.10 Å². The van der Waals surface area contributed by atoms with Crippen molar-refractivity contribution in [1.29, 1.82) is 0 Å². The maximum absolute atomic E-state index is 12.9. The van der Waals surface area contributed by atoms with Gasteiger partial charge in [-0.1, -0.05) is 6.07 Å². The Bertz CT molecular complexity index is 353. The molecule has 0 spiro atoms. The van der Waals surface area contributed by atoms with Gasteiger partial charge < -0.3 is 10.5 Å². The SMILES string of the molecule is Cc1cc(F)ccc1C1CC(N)CCO1. The van der Waals surface area contributed by atoms with Gasteiger partial charge in [-0.3, -0.25) is 0 Å². The third-order valence-electron chi connectivity index (χ3n) is 2.90. The molecule has 0 saturated carbocycles. The van der Waals surface area contributed by atoms with Crippen molar-refractivity contribution in [2.24, 2.45) is 5.73 Å². The Balaban J connectivity index is 2.21. The molecule has 15 heavy (non-hydrogen) atoms. The van der Waals surface area contributed by atoms with Crippen molar-refractivity contribution in [2.45, 2.75) is 31.9 Å². The molecule has 2 unspecified atom stereocenters. The van der Waals surface area contributed by atoms with Crippen molar-refractivity contribution in [2.75, 3.05) is 6.61 Å². The minimum absolute atomic E-state index is 0.0364. The summed E-state index contributed by atoms with van der Waals surface area (Å²) in [6, 6.07) is 5.02. The minimum Gasteiger partial charge on any atom is -0.373 e. The molecule has 1 fully saturated rings. The van der Waals surface area contributed by atoms with Crippen LogP contribution in [0.3, 0.4) is 0 Å². The topological polar surface area (TPSA) is 35.2 Å². The predicted octanol–water partition coefficient (Wildman–Crippen LogP) is 2.31. The van der Waals surface area contributed by atoms with Crippen molar-refractivity contribution in [3.8, 4) is 0 Å². The number of ether oxygens (including phenoxy) is 1. The number of aryl methyl sites for hydroxylation is 1. The van der Waals surface area contributed by atoms with E-state index in [1.165, 1.54) is 6.07 Å². The second kappa shape index (κ2) is 4.29. The lowest BCUT2D eigenvalue weighted by Gasteiger charge is -2.28. The summed E-state index contributed by atoms with van der Waals surface area (Å²) in [6.07, 6.45) is 1.78. The molecule has 3 heteroatoms. The zero-order chi connectivity index (χ0) is 10.8. The van der Waals surface area contributed by atoms with Gasteiger partial charge in [0, 0.05) is 12.6 Å². The maximum Gasteiger partial charge on any atom is 0.123 e. The van der Waals surface area contributed by atoms with Gasteiger partial charge in [-0.15, -0.1) is 0 Å². The van der Waals surface area contributed by atoms with E-state index in [1.54, 1.807) is 12.1 Å². The van der Waals surface area contributed by atoms with Crippen molar-refractivity contribution in [3.05, 3.63) is 35.1 Å². The highest BCUT2D eigenvalue weighted by Crippen LogP contribution is 2.29. The third kappa shape index (κ3) is 2.36. The summed E-state index contributed by atoms with van der Waals surface area (Å²) < 4.78 is 18.6. The monoisotopic (exact) mass is 209 g/mol. The van der Waals surface area contributed by atoms with Crippen LogP contribution in [0.2, 0.25) is 0 Å². The molecule has 1 aromatic rings. The molecule has 2 nitrogen and oxygen atoms in total. The molecule has 0 amide bonds. The Morgan fingerprint density at radius 2 is 2.27 bits per heavy atom. The van der Waals surface area contributed by atoms with Gasteiger partial charge in [-0.2, -0.15) is 0 Å². The van der Waals surface area contributed by atoms with Crippen LogP contribution in [0.5, 0.6) is 0 Å². The summed E-state index contributed by atoms with van der Waals surface area (Å²) in [6.45, 7) is 2.60. The Morgan fingerprint density at radius 3 is 2.93 bits per heavy atom. The van der Waals surface area contributed by atoms with Gasteiger partial charge in [-0.05, 0) is 43.0 Å². The van der Waals surface area contributed by atoms with Crippen LogP contribution < -0.4 is 5.73 Å². The summed E-state index contributed by atoms with van der Waals surface area (Å²) >= 11 is 0. The van der Waals surface area contributed by atoms with E-state index < -0.39 is 0 Å². The third-order valence-corrected chi connectivity index (χ3v) is 2.90. The fourth-order valence-electron chi connectivity index (χ4n) is 2.04. The van der Waals surface area contributed by atoms with E-state index in [0.717, 1.165) is 24.0 Å². The Labute approximate surface area is 89.2 Å². The van der Waals surface area contributed by atoms with E-state index in [4.69, 9.17) is 10.5 Å². The van der Waals surface area contributed by atoms with Crippen molar-refractivity contribution >= 4 is 0 Å². The normalized spacial score (nSPS) is 26.6. The highest BCUT2D eigenvalue weighted by atomic mass is 19.1. The van der Waals surface area contributed by atoms with E-state index in [0.29, 0.717) is 6.61 Å². The van der Waals surface area contributed by atoms with Gasteiger partial charge in [-0.25, -0.2) is 4.39 Å². The quantitative estimate of drug-likeness (QED) is 0.770. The number of nitrogens with two attached hydrogens (primary N) is 1. The maximum atomic E-state index is 12.9. The zero-order valence-corrected chi connectivity index (χ0v) is 8.87. The van der Waals surface area contributed by atoms with Crippen LogP contribution in [0.1, 0.15) is 30.1 Å². The second-order valence-corrected chi connectivity index (χ2v) is 4.14. The molecule has 2 rings (SSSR count). The second-order valence-electron chi connectivity index (χ2n) is 4.14. The number of rotatable bonds is 1. The van der Waals surface area contributed by atoms with Crippen LogP contribution in [-0.2, 0) is 4.74 Å². The Kier molecular flexibility index (Phi) is 3.03. The molecule has 0 bridgehead atoms. The van der Waals surface area contributed by atoms with Crippen LogP contribution in [-0.4, -0.2) is 12.6 Å². The summed E-state index contributed by atoms with van der Waals surface area (Å²) in [7, 11) is 0. The molecular weight excluding hydrogens is 193 g/mol. The fourth-order valence-corrected chi connectivity index (χ4v) is 2.04. The number of hydrogen-bond donors (Lipinski definition) is 1. The van der Waals surface area contributed by atoms with Crippen LogP contribution in [0.25, 0.3) is 0 Å². The zero-order valence-electron chi connectivity index (χ0n) is 8.87. The fraction of sp³-hybridized carbons (Fsp3) is 0.500. The molecule has 1 aliphatic rings. The van der Waals surface area contributed by atoms with Gasteiger partial charge in [0.2, 0.25) is 0 Å². The van der Waals surface area contributed by atoms with Crippen molar-refractivity contribution < 1.29 is 9.13 Å². The van der Waals surface area contributed by atoms with Gasteiger partial charge >= 0.3 is 0 Å². The van der Waals surface area contributed by atoms with Crippen molar-refractivity contribution in [3.63, 3.8) is 0 Å². The van der Waals surface area contributed by atoms with E-state index in [9.17, 15) is 4.39 Å². The first-order valence-corrected chi connectivity index (χ1v) is 5.30. The standard InChI is InChI=1S/C12H16FNO/c1-8-6-9(13)2-3-11(8)12-7-10(14)4-5-15-12/h2-3,6,10,12H,4-5,7,14H2,1H3. The average molecular weight is 209 g/mol. The molecule has 1 heterocycles. The molecule has 0 aliphatic carbocycles. The first-order valence-electron chi connectivity index (χ1n) is 5.30. The van der Waals surface area contributed by atoms with Gasteiger partial charge in [0.1, 0.15) is 5.82 Å². The molecule has 2 N–H and O–H groups in total. The smallest absolute Gasteiger partial charge is 0.123 e. The first kappa shape index (κ1) is 10.6. The predicted molar refractivity (Wildman–Crippen MR) is 57.0 cm³/mol. The highest BCUT2D eigenvalue weighted by Gasteiger charge is 2.22. The van der Waals surface area contributed by atoms with E-state index >= 15 is 0 Å². The molecule has 2 atom stereocenters. The van der Waals surface area contributed by atoms with E-state index in [-0.39, 0.29) is 18.0 Å². The lowest BCUT2D eigenvalue weighted by molar-refractivity contribution is 0.00629. The van der Waals surface area contributed by atoms with Crippen molar-refractivity contribution in [1.82, 2.24) is 0 Å². The molecule has 0 radical (unpaired) electrons. The summed E-state index contributed by atoms with van der Waals surface area (Å²) in [4.78, 5) is 0. The van der Waals surface area contributed by atoms with E-state index in [1.807, 2.05) is 6.92 Å². The molecule has 82 valence electrons. The minimum atomic E-state index is -0.198. The number of halogens is 1. The first-order chi connectivity index (χ1) is 7.16. The summed E-state index contributed by atoms with van der Waals surface area (Å²) in [5, 5.41) is 0. The molecule has 0 aromatic heterocycles. The van der Waals surface area contributed by atoms with Gasteiger partial charge in [0.15, 0.2) is 0 Å². The summed E-state index contributed by atoms with van der Waals surface area (Å²) in [5.74, 6) is -0.198. The highest BCUT2D eigenvalue weighted by molar-refractivity contribution is 5.29. The molecule has 1 aliphatic heterocycles. The number of benzene rings is 1. The lowest BCUT2D eigenvalue weighted by atomic mass is 9.95. The Morgan fingerprint density at radius 1 is 1.47 bits per heavy atom.